The lowest BCUT2D eigenvalue weighted by atomic mass is 9.83. The van der Waals surface area contributed by atoms with Crippen LogP contribution in [0.25, 0.3) is 11.1 Å². The van der Waals surface area contributed by atoms with Crippen LogP contribution < -0.4 is 4.74 Å². The molecule has 3 saturated heterocycles. The fourth-order valence-corrected chi connectivity index (χ4v) is 4.57. The van der Waals surface area contributed by atoms with E-state index in [-0.39, 0.29) is 16.5 Å². The molecule has 3 aromatic carbocycles. The molecule has 3 aromatic rings. The highest BCUT2D eigenvalue weighted by Gasteiger charge is 2.53. The van der Waals surface area contributed by atoms with Gasteiger partial charge in [0, 0.05) is 22.6 Å². The Morgan fingerprint density at radius 2 is 1.41 bits per heavy atom. The first-order valence-corrected chi connectivity index (χ1v) is 11.6. The zero-order valence-corrected chi connectivity index (χ0v) is 19.6. The van der Waals surface area contributed by atoms with Gasteiger partial charge in [-0.15, -0.1) is 0 Å². The Labute approximate surface area is 208 Å². The molecule has 0 amide bonds. The molecule has 2 bridgehead atoms. The van der Waals surface area contributed by atoms with Crippen LogP contribution in [0.1, 0.15) is 30.9 Å². The van der Waals surface area contributed by atoms with Crippen molar-refractivity contribution in [1.82, 2.24) is 0 Å². The quantitative estimate of drug-likeness (QED) is 0.246. The molecule has 10 heteroatoms. The minimum Gasteiger partial charge on any atom is -0.429 e. The molecule has 6 rings (SSSR count). The van der Waals surface area contributed by atoms with Crippen molar-refractivity contribution < 1.29 is 45.3 Å². The van der Waals surface area contributed by atoms with E-state index in [1.165, 1.54) is 12.1 Å². The number of alkyl halides is 2. The Balaban J connectivity index is 1.31. The highest BCUT2D eigenvalue weighted by Crippen LogP contribution is 2.46. The number of ether oxygens (including phenoxy) is 4. The molecule has 3 aliphatic heterocycles. The molecule has 3 heterocycles. The second-order valence-corrected chi connectivity index (χ2v) is 9.26. The molecule has 196 valence electrons. The largest absolute Gasteiger partial charge is 0.429 e. The van der Waals surface area contributed by atoms with E-state index in [4.69, 9.17) is 18.9 Å². The van der Waals surface area contributed by atoms with E-state index in [2.05, 4.69) is 6.92 Å². The lowest BCUT2D eigenvalue weighted by Gasteiger charge is -2.52. The maximum atomic E-state index is 14.9. The van der Waals surface area contributed by atoms with Crippen molar-refractivity contribution in [1.29, 1.82) is 0 Å². The van der Waals surface area contributed by atoms with E-state index in [0.717, 1.165) is 37.1 Å². The van der Waals surface area contributed by atoms with Crippen LogP contribution in [0.5, 0.6) is 5.75 Å². The van der Waals surface area contributed by atoms with Crippen molar-refractivity contribution >= 4 is 0 Å². The molecule has 37 heavy (non-hydrogen) atoms. The van der Waals surface area contributed by atoms with Gasteiger partial charge in [-0.3, -0.25) is 0 Å². The number of hydrogen-bond acceptors (Lipinski definition) is 4. The lowest BCUT2D eigenvalue weighted by molar-refractivity contribution is -0.480. The molecular formula is C27H22F6O4. The van der Waals surface area contributed by atoms with Gasteiger partial charge in [0.15, 0.2) is 17.5 Å². The minimum absolute atomic E-state index is 0.207. The maximum Gasteiger partial charge on any atom is 0.426 e. The Hall–Kier alpha value is -3.08. The van der Waals surface area contributed by atoms with E-state index in [9.17, 15) is 26.3 Å². The van der Waals surface area contributed by atoms with E-state index < -0.39 is 46.7 Å². The molecule has 4 nitrogen and oxygen atoms in total. The summed E-state index contributed by atoms with van der Waals surface area (Å²) in [6.07, 6.45) is -2.02. The third-order valence-electron chi connectivity index (χ3n) is 6.54. The Bertz CT molecular complexity index is 1260. The zero-order valence-electron chi connectivity index (χ0n) is 19.6. The van der Waals surface area contributed by atoms with Crippen LogP contribution in [-0.2, 0) is 26.3 Å². The third kappa shape index (κ3) is 4.69. The number of halogens is 6. The number of benzene rings is 3. The molecule has 0 atom stereocenters. The number of fused-ring (bicyclic) bond motifs is 3. The van der Waals surface area contributed by atoms with Crippen molar-refractivity contribution in [3.8, 4) is 16.9 Å². The summed E-state index contributed by atoms with van der Waals surface area (Å²) in [6.45, 7) is 3.35. The van der Waals surface area contributed by atoms with E-state index in [0.29, 0.717) is 43.6 Å². The van der Waals surface area contributed by atoms with Gasteiger partial charge in [-0.25, -0.2) is 17.6 Å². The van der Waals surface area contributed by atoms with Gasteiger partial charge in [-0.1, -0.05) is 25.5 Å². The predicted molar refractivity (Wildman–Crippen MR) is 120 cm³/mol. The first kappa shape index (κ1) is 25.6. The summed E-state index contributed by atoms with van der Waals surface area (Å²) in [5.41, 5.74) is -0.940. The average molecular weight is 524 g/mol. The number of hydrogen-bond donors (Lipinski definition) is 0. The van der Waals surface area contributed by atoms with Crippen LogP contribution in [0.2, 0.25) is 0 Å². The highest BCUT2D eigenvalue weighted by atomic mass is 19.3. The summed E-state index contributed by atoms with van der Waals surface area (Å²) in [7, 11) is 0. The molecule has 3 fully saturated rings. The normalized spacial score (nSPS) is 23.3. The highest BCUT2D eigenvalue weighted by molar-refractivity contribution is 5.65. The lowest BCUT2D eigenvalue weighted by Crippen LogP contribution is -2.58. The van der Waals surface area contributed by atoms with E-state index in [1.807, 2.05) is 0 Å². The van der Waals surface area contributed by atoms with Crippen molar-refractivity contribution in [2.45, 2.75) is 31.8 Å². The molecule has 0 unspecified atom stereocenters. The Morgan fingerprint density at radius 1 is 0.811 bits per heavy atom. The fraction of sp³-hybridized carbons (Fsp3) is 0.333. The van der Waals surface area contributed by atoms with Gasteiger partial charge in [0.05, 0.1) is 25.4 Å². The number of rotatable bonds is 7. The molecule has 0 N–H and O–H groups in total. The van der Waals surface area contributed by atoms with Gasteiger partial charge in [0.2, 0.25) is 0 Å². The van der Waals surface area contributed by atoms with Crippen LogP contribution >= 0.6 is 0 Å². The third-order valence-corrected chi connectivity index (χ3v) is 6.54. The molecule has 3 aliphatic rings. The summed E-state index contributed by atoms with van der Waals surface area (Å²) in [5, 5.41) is 0. The van der Waals surface area contributed by atoms with E-state index in [1.54, 1.807) is 0 Å². The summed E-state index contributed by atoms with van der Waals surface area (Å²) >= 11 is 0. The summed E-state index contributed by atoms with van der Waals surface area (Å²) < 4.78 is 107. The monoisotopic (exact) mass is 524 g/mol. The first-order valence-electron chi connectivity index (χ1n) is 11.6. The van der Waals surface area contributed by atoms with Crippen molar-refractivity contribution in [2.75, 3.05) is 19.8 Å². The van der Waals surface area contributed by atoms with Crippen molar-refractivity contribution in [3.63, 3.8) is 0 Å². The van der Waals surface area contributed by atoms with Gasteiger partial charge in [0.1, 0.15) is 11.6 Å². The van der Waals surface area contributed by atoms with Crippen LogP contribution in [0.15, 0.2) is 54.6 Å². The van der Waals surface area contributed by atoms with Crippen LogP contribution in [0.3, 0.4) is 0 Å². The topological polar surface area (TPSA) is 36.9 Å². The van der Waals surface area contributed by atoms with Crippen molar-refractivity contribution in [2.24, 2.45) is 5.41 Å². The van der Waals surface area contributed by atoms with Crippen molar-refractivity contribution in [3.05, 3.63) is 89.0 Å². The maximum absolute atomic E-state index is 14.9. The van der Waals surface area contributed by atoms with Gasteiger partial charge >= 0.3 is 12.1 Å². The van der Waals surface area contributed by atoms with Crippen LogP contribution in [-0.4, -0.2) is 19.8 Å². The SMILES string of the molecule is CCCC12COC(c3ccc(C(F)(F)Oc4ccc(-c5cc(F)c(F)c(F)c5)c(F)c4)cc3)(OC1)OC2. The predicted octanol–water partition coefficient (Wildman–Crippen LogP) is 7.01. The van der Waals surface area contributed by atoms with Gasteiger partial charge in [0.25, 0.3) is 0 Å². The minimum atomic E-state index is -3.85. The Kier molecular flexibility index (Phi) is 6.45. The van der Waals surface area contributed by atoms with Gasteiger partial charge in [-0.2, -0.15) is 8.78 Å². The molecule has 0 aromatic heterocycles. The summed E-state index contributed by atoms with van der Waals surface area (Å²) in [6, 6.07) is 8.89. The molecule has 0 spiro atoms. The first-order chi connectivity index (χ1) is 17.6. The van der Waals surface area contributed by atoms with Crippen LogP contribution in [0.4, 0.5) is 26.3 Å². The van der Waals surface area contributed by atoms with Crippen LogP contribution in [0, 0.1) is 28.7 Å². The molecule has 0 radical (unpaired) electrons. The van der Waals surface area contributed by atoms with Gasteiger partial charge in [-0.05, 0) is 48.4 Å². The zero-order chi connectivity index (χ0) is 26.4. The van der Waals surface area contributed by atoms with Gasteiger partial charge < -0.3 is 18.9 Å². The fourth-order valence-electron chi connectivity index (χ4n) is 4.57. The summed E-state index contributed by atoms with van der Waals surface area (Å²) in [4.78, 5) is 0. The average Bonchev–Trinajstić information content (AvgIpc) is 2.88. The molecule has 0 aliphatic carbocycles. The molecular weight excluding hydrogens is 502 g/mol. The molecule has 0 saturated carbocycles. The Morgan fingerprint density at radius 3 is 1.95 bits per heavy atom. The second-order valence-electron chi connectivity index (χ2n) is 9.26. The van der Waals surface area contributed by atoms with E-state index >= 15 is 0 Å². The standard InChI is InChI=1S/C27H22F6O4/c1-2-9-25-13-34-27(35-14-25,36-15-25)18-5-3-17(4-6-18)26(32,33)37-19-7-8-20(21(28)12-19)16-10-22(29)24(31)23(30)11-16/h3-8,10-12H,2,9,13-15H2,1H3. The summed E-state index contributed by atoms with van der Waals surface area (Å²) in [5.74, 6) is -7.79. The smallest absolute Gasteiger partial charge is 0.426 e. The second kappa shape index (κ2) is 9.34.